The summed E-state index contributed by atoms with van der Waals surface area (Å²) in [5.74, 6) is 1.38. The van der Waals surface area contributed by atoms with Gasteiger partial charge in [0.2, 0.25) is 0 Å². The van der Waals surface area contributed by atoms with Crippen LogP contribution in [0.2, 0.25) is 0 Å². The Bertz CT molecular complexity index is 459. The molecule has 0 spiro atoms. The Morgan fingerprint density at radius 2 is 2.13 bits per heavy atom. The van der Waals surface area contributed by atoms with E-state index in [0.29, 0.717) is 18.9 Å². The van der Waals surface area contributed by atoms with Crippen molar-refractivity contribution in [3.8, 4) is 11.3 Å². The van der Waals surface area contributed by atoms with E-state index in [9.17, 15) is 0 Å². The third-order valence-corrected chi connectivity index (χ3v) is 2.19. The summed E-state index contributed by atoms with van der Waals surface area (Å²) in [4.78, 5) is 4.28. The Labute approximate surface area is 87.3 Å². The maximum absolute atomic E-state index is 5.59. The lowest BCUT2D eigenvalue weighted by atomic mass is 10.2. The van der Waals surface area contributed by atoms with Crippen LogP contribution in [0.5, 0.6) is 0 Å². The van der Waals surface area contributed by atoms with E-state index in [-0.39, 0.29) is 0 Å². The van der Waals surface area contributed by atoms with E-state index in [1.807, 2.05) is 13.8 Å². The normalized spacial score (nSPS) is 10.9. The van der Waals surface area contributed by atoms with Crippen molar-refractivity contribution in [3.05, 3.63) is 23.5 Å². The molecule has 0 unspecified atom stereocenters. The van der Waals surface area contributed by atoms with Crippen molar-refractivity contribution >= 4 is 0 Å². The molecule has 0 bridgehead atoms. The lowest BCUT2D eigenvalue weighted by Crippen LogP contribution is -2.02. The fraction of sp³-hybridized carbons (Fsp3) is 0.400. The minimum atomic E-state index is 0.530. The summed E-state index contributed by atoms with van der Waals surface area (Å²) in [5.41, 5.74) is 7.93. The van der Waals surface area contributed by atoms with Gasteiger partial charge in [-0.05, 0) is 13.8 Å². The molecule has 0 saturated heterocycles. The van der Waals surface area contributed by atoms with Crippen molar-refractivity contribution in [1.82, 2.24) is 10.1 Å². The number of aromatic nitrogens is 2. The van der Waals surface area contributed by atoms with Gasteiger partial charge in [-0.3, -0.25) is 0 Å². The van der Waals surface area contributed by atoms with E-state index >= 15 is 0 Å². The van der Waals surface area contributed by atoms with Gasteiger partial charge < -0.3 is 14.7 Å². The quantitative estimate of drug-likeness (QED) is 0.824. The molecular formula is C10H13N3O2. The van der Waals surface area contributed by atoms with Gasteiger partial charge in [0, 0.05) is 13.0 Å². The van der Waals surface area contributed by atoms with Gasteiger partial charge >= 0.3 is 0 Å². The second-order valence-electron chi connectivity index (χ2n) is 3.37. The van der Waals surface area contributed by atoms with Gasteiger partial charge in [0.05, 0.1) is 17.0 Å². The van der Waals surface area contributed by atoms with Gasteiger partial charge in [0.1, 0.15) is 6.26 Å². The molecule has 0 saturated carbocycles. The summed E-state index contributed by atoms with van der Waals surface area (Å²) in [6, 6.07) is 0. The summed E-state index contributed by atoms with van der Waals surface area (Å²) in [6.07, 6.45) is 2.21. The van der Waals surface area contributed by atoms with E-state index in [1.165, 1.54) is 0 Å². The summed E-state index contributed by atoms with van der Waals surface area (Å²) in [7, 11) is 0. The van der Waals surface area contributed by atoms with E-state index < -0.39 is 0 Å². The molecule has 2 rings (SSSR count). The minimum absolute atomic E-state index is 0.530. The molecule has 80 valence electrons. The molecule has 0 aliphatic carbocycles. The number of rotatable bonds is 3. The number of hydrogen-bond acceptors (Lipinski definition) is 5. The molecular weight excluding hydrogens is 194 g/mol. The average Bonchev–Trinajstić information content (AvgIpc) is 2.73. The Morgan fingerprint density at radius 3 is 2.73 bits per heavy atom. The summed E-state index contributed by atoms with van der Waals surface area (Å²) in [6.45, 7) is 4.29. The first-order valence-corrected chi connectivity index (χ1v) is 4.80. The van der Waals surface area contributed by atoms with Crippen LogP contribution >= 0.6 is 0 Å². The molecule has 0 atom stereocenters. The van der Waals surface area contributed by atoms with Gasteiger partial charge in [0.25, 0.3) is 0 Å². The molecule has 0 aliphatic heterocycles. The third-order valence-electron chi connectivity index (χ3n) is 2.19. The Kier molecular flexibility index (Phi) is 2.55. The zero-order valence-corrected chi connectivity index (χ0v) is 8.78. The summed E-state index contributed by atoms with van der Waals surface area (Å²) < 4.78 is 10.5. The van der Waals surface area contributed by atoms with E-state index in [2.05, 4.69) is 10.1 Å². The van der Waals surface area contributed by atoms with Crippen molar-refractivity contribution < 1.29 is 8.94 Å². The van der Waals surface area contributed by atoms with Crippen LogP contribution in [0, 0.1) is 13.8 Å². The first-order valence-electron chi connectivity index (χ1n) is 4.80. The van der Waals surface area contributed by atoms with E-state index in [1.54, 1.807) is 6.26 Å². The van der Waals surface area contributed by atoms with Crippen molar-refractivity contribution in [2.75, 3.05) is 6.54 Å². The first kappa shape index (κ1) is 9.92. The molecule has 0 aliphatic rings. The highest BCUT2D eigenvalue weighted by molar-refractivity contribution is 5.60. The fourth-order valence-corrected chi connectivity index (χ4v) is 1.44. The van der Waals surface area contributed by atoms with Crippen molar-refractivity contribution in [1.29, 1.82) is 0 Å². The number of oxazole rings is 1. The van der Waals surface area contributed by atoms with Gasteiger partial charge in [-0.1, -0.05) is 5.16 Å². The van der Waals surface area contributed by atoms with Crippen LogP contribution in [0.25, 0.3) is 11.3 Å². The molecule has 2 aromatic heterocycles. The summed E-state index contributed by atoms with van der Waals surface area (Å²) >= 11 is 0. The van der Waals surface area contributed by atoms with Crippen LogP contribution in [-0.2, 0) is 6.42 Å². The molecule has 2 N–H and O–H groups in total. The lowest BCUT2D eigenvalue weighted by molar-refractivity contribution is 0.415. The predicted octanol–water partition coefficient (Wildman–Crippen LogP) is 1.45. The Hall–Kier alpha value is -1.62. The maximum atomic E-state index is 5.59. The fourth-order valence-electron chi connectivity index (χ4n) is 1.44. The first-order chi connectivity index (χ1) is 7.22. The number of aryl methyl sites for hydroxylation is 2. The van der Waals surface area contributed by atoms with Crippen LogP contribution in [0.1, 0.15) is 17.3 Å². The third kappa shape index (κ3) is 1.78. The smallest absolute Gasteiger partial charge is 0.196 e. The standard InChI is InChI=1S/C10H13N3O2/c1-6-8(5-14-13-6)10-7(2)12-9(15-10)3-4-11/h5H,3-4,11H2,1-2H3. The second kappa shape index (κ2) is 3.86. The molecule has 2 heterocycles. The number of nitrogens with two attached hydrogens (primary N) is 1. The predicted molar refractivity (Wildman–Crippen MR) is 54.2 cm³/mol. The van der Waals surface area contributed by atoms with Crippen LogP contribution in [0.4, 0.5) is 0 Å². The SMILES string of the molecule is Cc1nocc1-c1oc(CCN)nc1C. The highest BCUT2D eigenvalue weighted by Gasteiger charge is 2.15. The zero-order chi connectivity index (χ0) is 10.8. The Balaban J connectivity index is 2.40. The van der Waals surface area contributed by atoms with Gasteiger partial charge in [-0.2, -0.15) is 0 Å². The monoisotopic (exact) mass is 207 g/mol. The zero-order valence-electron chi connectivity index (χ0n) is 8.78. The van der Waals surface area contributed by atoms with E-state index in [4.69, 9.17) is 14.7 Å². The van der Waals surface area contributed by atoms with Crippen LogP contribution < -0.4 is 5.73 Å². The molecule has 15 heavy (non-hydrogen) atoms. The highest BCUT2D eigenvalue weighted by atomic mass is 16.5. The molecule has 0 radical (unpaired) electrons. The van der Waals surface area contributed by atoms with Crippen molar-refractivity contribution in [2.24, 2.45) is 5.73 Å². The molecule has 0 amide bonds. The summed E-state index contributed by atoms with van der Waals surface area (Å²) in [5, 5.41) is 3.80. The minimum Gasteiger partial charge on any atom is -0.440 e. The number of nitrogens with zero attached hydrogens (tertiary/aromatic N) is 2. The lowest BCUT2D eigenvalue weighted by Gasteiger charge is -1.92. The van der Waals surface area contributed by atoms with Gasteiger partial charge in [-0.15, -0.1) is 0 Å². The van der Waals surface area contributed by atoms with E-state index in [0.717, 1.165) is 22.7 Å². The molecule has 0 aromatic carbocycles. The molecule has 5 heteroatoms. The van der Waals surface area contributed by atoms with Gasteiger partial charge in [0.15, 0.2) is 11.7 Å². The highest BCUT2D eigenvalue weighted by Crippen LogP contribution is 2.26. The van der Waals surface area contributed by atoms with Crippen LogP contribution in [-0.4, -0.2) is 16.7 Å². The molecule has 5 nitrogen and oxygen atoms in total. The van der Waals surface area contributed by atoms with Crippen LogP contribution in [0.3, 0.4) is 0 Å². The largest absolute Gasteiger partial charge is 0.440 e. The maximum Gasteiger partial charge on any atom is 0.196 e. The average molecular weight is 207 g/mol. The molecule has 0 fully saturated rings. The van der Waals surface area contributed by atoms with Crippen molar-refractivity contribution in [3.63, 3.8) is 0 Å². The topological polar surface area (TPSA) is 78.1 Å². The van der Waals surface area contributed by atoms with Crippen LogP contribution in [0.15, 0.2) is 15.2 Å². The van der Waals surface area contributed by atoms with Gasteiger partial charge in [-0.25, -0.2) is 4.98 Å². The molecule has 2 aromatic rings. The Morgan fingerprint density at radius 1 is 1.33 bits per heavy atom. The van der Waals surface area contributed by atoms with Crippen molar-refractivity contribution in [2.45, 2.75) is 20.3 Å². The second-order valence-corrected chi connectivity index (χ2v) is 3.37. The number of hydrogen-bond donors (Lipinski definition) is 1.